The highest BCUT2D eigenvalue weighted by Gasteiger charge is 2.35. The van der Waals surface area contributed by atoms with Crippen LogP contribution in [-0.2, 0) is 11.0 Å². The Labute approximate surface area is 112 Å². The second kappa shape index (κ2) is 5.42. The molecule has 19 heavy (non-hydrogen) atoms. The number of benzene rings is 1. The first-order valence-electron chi connectivity index (χ1n) is 5.62. The lowest BCUT2D eigenvalue weighted by Gasteiger charge is -2.23. The quantitative estimate of drug-likeness (QED) is 0.929. The summed E-state index contributed by atoms with van der Waals surface area (Å²) in [6.45, 7) is -0.0749. The molecule has 2 rings (SSSR count). The van der Waals surface area contributed by atoms with Gasteiger partial charge in [-0.3, -0.25) is 4.79 Å². The zero-order valence-corrected chi connectivity index (χ0v) is 10.7. The number of thioether (sulfide) groups is 1. The molecule has 0 spiro atoms. The lowest BCUT2D eigenvalue weighted by molar-refractivity contribution is -0.137. The number of rotatable bonds is 3. The third kappa shape index (κ3) is 3.03. The van der Waals surface area contributed by atoms with Crippen LogP contribution in [0.2, 0.25) is 0 Å². The number of β-amino-alcohol motifs (C(OH)–C–C–N with tert-alkyl or cyclic N) is 1. The van der Waals surface area contributed by atoms with Crippen LogP contribution in [0.4, 0.5) is 13.2 Å². The Balaban J connectivity index is 2.29. The van der Waals surface area contributed by atoms with Crippen LogP contribution >= 0.6 is 11.8 Å². The number of halogens is 3. The maximum absolute atomic E-state index is 12.6. The molecule has 1 aliphatic heterocycles. The first-order chi connectivity index (χ1) is 8.93. The number of nitrogens with zero attached hydrogens (tertiary/aromatic N) is 1. The van der Waals surface area contributed by atoms with Gasteiger partial charge < -0.3 is 10.0 Å². The monoisotopic (exact) mass is 291 g/mol. The summed E-state index contributed by atoms with van der Waals surface area (Å²) in [4.78, 5) is 13.0. The van der Waals surface area contributed by atoms with Crippen molar-refractivity contribution in [1.82, 2.24) is 4.90 Å². The Hall–Kier alpha value is -1.21. The molecule has 0 bridgehead atoms. The third-order valence-corrected chi connectivity index (χ3v) is 4.06. The Morgan fingerprint density at radius 3 is 2.79 bits per heavy atom. The molecule has 0 radical (unpaired) electrons. The first-order valence-corrected chi connectivity index (χ1v) is 6.67. The summed E-state index contributed by atoms with van der Waals surface area (Å²) in [5, 5.41) is 8.45. The average Bonchev–Trinajstić information content (AvgIpc) is 2.71. The fourth-order valence-electron chi connectivity index (χ4n) is 1.95. The van der Waals surface area contributed by atoms with Crippen LogP contribution in [0.3, 0.4) is 0 Å². The Morgan fingerprint density at radius 2 is 2.16 bits per heavy atom. The van der Waals surface area contributed by atoms with Crippen LogP contribution in [-0.4, -0.2) is 34.8 Å². The minimum atomic E-state index is -4.40. The van der Waals surface area contributed by atoms with Crippen LogP contribution in [0, 0.1) is 0 Å². The van der Waals surface area contributed by atoms with Crippen molar-refractivity contribution in [2.45, 2.75) is 11.6 Å². The highest BCUT2D eigenvalue weighted by Crippen LogP contribution is 2.40. The van der Waals surface area contributed by atoms with Gasteiger partial charge in [-0.1, -0.05) is 12.1 Å². The van der Waals surface area contributed by atoms with Crippen molar-refractivity contribution in [2.24, 2.45) is 0 Å². The predicted octanol–water partition coefficient (Wildman–Crippen LogP) is 2.27. The van der Waals surface area contributed by atoms with Gasteiger partial charge in [0.15, 0.2) is 0 Å². The minimum Gasteiger partial charge on any atom is -0.395 e. The fraction of sp³-hybridized carbons (Fsp3) is 0.417. The molecule has 1 atom stereocenters. The van der Waals surface area contributed by atoms with Crippen molar-refractivity contribution in [3.05, 3.63) is 35.4 Å². The van der Waals surface area contributed by atoms with Crippen molar-refractivity contribution in [3.8, 4) is 0 Å². The standard InChI is InChI=1S/C12H12F3NO2S/c13-12(14,15)9-3-1-2-8(6-9)11-16(4-5-17)10(18)7-19-11/h1-3,6,11,17H,4-5,7H2/t11-/m0/s1. The number of alkyl halides is 3. The van der Waals surface area contributed by atoms with Crippen LogP contribution in [0.15, 0.2) is 24.3 Å². The molecular formula is C12H12F3NO2S. The zero-order chi connectivity index (χ0) is 14.0. The predicted molar refractivity (Wildman–Crippen MR) is 65.4 cm³/mol. The highest BCUT2D eigenvalue weighted by atomic mass is 32.2. The molecule has 0 aromatic heterocycles. The number of aliphatic hydroxyl groups is 1. The van der Waals surface area contributed by atoms with E-state index in [0.29, 0.717) is 5.56 Å². The van der Waals surface area contributed by atoms with Crippen molar-refractivity contribution in [1.29, 1.82) is 0 Å². The van der Waals surface area contributed by atoms with Gasteiger partial charge in [0.1, 0.15) is 5.37 Å². The molecule has 0 unspecified atom stereocenters. The molecule has 1 aromatic rings. The summed E-state index contributed by atoms with van der Waals surface area (Å²) in [6, 6.07) is 4.95. The molecule has 1 N–H and O–H groups in total. The molecular weight excluding hydrogens is 279 g/mol. The summed E-state index contributed by atoms with van der Waals surface area (Å²) in [6.07, 6.45) is -4.40. The second-order valence-electron chi connectivity index (χ2n) is 4.10. The van der Waals surface area contributed by atoms with E-state index < -0.39 is 17.1 Å². The largest absolute Gasteiger partial charge is 0.416 e. The Morgan fingerprint density at radius 1 is 1.42 bits per heavy atom. The van der Waals surface area contributed by atoms with Gasteiger partial charge in [-0.05, 0) is 17.7 Å². The maximum Gasteiger partial charge on any atom is 0.416 e. The van der Waals surface area contributed by atoms with Gasteiger partial charge in [0.05, 0.1) is 17.9 Å². The number of carbonyl (C=O) groups is 1. The number of hydrogen-bond donors (Lipinski definition) is 1. The van der Waals surface area contributed by atoms with Gasteiger partial charge in [0, 0.05) is 6.54 Å². The molecule has 3 nitrogen and oxygen atoms in total. The SMILES string of the molecule is O=C1CS[C@@H](c2cccc(C(F)(F)F)c2)N1CCO. The smallest absolute Gasteiger partial charge is 0.395 e. The molecule has 0 saturated carbocycles. The number of amides is 1. The van der Waals surface area contributed by atoms with Gasteiger partial charge in [-0.15, -0.1) is 11.8 Å². The Kier molecular flexibility index (Phi) is 4.05. The van der Waals surface area contributed by atoms with E-state index in [0.717, 1.165) is 12.1 Å². The molecule has 1 fully saturated rings. The maximum atomic E-state index is 12.6. The highest BCUT2D eigenvalue weighted by molar-refractivity contribution is 8.00. The molecule has 1 amide bonds. The second-order valence-corrected chi connectivity index (χ2v) is 5.17. The van der Waals surface area contributed by atoms with Crippen LogP contribution in [0.5, 0.6) is 0 Å². The summed E-state index contributed by atoms with van der Waals surface area (Å²) < 4.78 is 37.9. The topological polar surface area (TPSA) is 40.5 Å². The molecule has 104 valence electrons. The van der Waals surface area contributed by atoms with E-state index in [4.69, 9.17) is 5.11 Å². The van der Waals surface area contributed by atoms with E-state index in [1.807, 2.05) is 0 Å². The van der Waals surface area contributed by atoms with Gasteiger partial charge in [0.2, 0.25) is 5.91 Å². The van der Waals surface area contributed by atoms with Crippen LogP contribution in [0.1, 0.15) is 16.5 Å². The summed E-state index contributed by atoms with van der Waals surface area (Å²) in [5.41, 5.74) is -0.298. The Bertz CT molecular complexity index is 478. The number of carbonyl (C=O) groups excluding carboxylic acids is 1. The molecule has 1 heterocycles. The third-order valence-electron chi connectivity index (χ3n) is 2.81. The average molecular weight is 291 g/mol. The van der Waals surface area contributed by atoms with Crippen molar-refractivity contribution in [2.75, 3.05) is 18.9 Å². The molecule has 1 aliphatic rings. The summed E-state index contributed by atoms with van der Waals surface area (Å²) in [7, 11) is 0. The minimum absolute atomic E-state index is 0.132. The fourth-order valence-corrected chi connectivity index (χ4v) is 3.16. The van der Waals surface area contributed by atoms with Crippen molar-refractivity contribution >= 4 is 17.7 Å². The normalized spacial score (nSPS) is 20.1. The van der Waals surface area contributed by atoms with Crippen LogP contribution < -0.4 is 0 Å². The zero-order valence-electron chi connectivity index (χ0n) is 9.85. The van der Waals surface area contributed by atoms with E-state index in [-0.39, 0.29) is 24.8 Å². The lowest BCUT2D eigenvalue weighted by atomic mass is 10.1. The van der Waals surface area contributed by atoms with Gasteiger partial charge in [0.25, 0.3) is 0 Å². The van der Waals surface area contributed by atoms with E-state index in [2.05, 4.69) is 0 Å². The first kappa shape index (κ1) is 14.2. The van der Waals surface area contributed by atoms with E-state index >= 15 is 0 Å². The molecule has 7 heteroatoms. The number of hydrogen-bond acceptors (Lipinski definition) is 3. The number of aliphatic hydroxyl groups excluding tert-OH is 1. The van der Waals surface area contributed by atoms with E-state index in [1.54, 1.807) is 6.07 Å². The van der Waals surface area contributed by atoms with Crippen molar-refractivity contribution < 1.29 is 23.1 Å². The molecule has 1 aromatic carbocycles. The van der Waals surface area contributed by atoms with Gasteiger partial charge in [-0.25, -0.2) is 0 Å². The molecule has 1 saturated heterocycles. The van der Waals surface area contributed by atoms with E-state index in [1.165, 1.54) is 22.7 Å². The van der Waals surface area contributed by atoms with E-state index in [9.17, 15) is 18.0 Å². The molecule has 0 aliphatic carbocycles. The van der Waals surface area contributed by atoms with Crippen LogP contribution in [0.25, 0.3) is 0 Å². The summed E-state index contributed by atoms with van der Waals surface area (Å²) >= 11 is 1.27. The van der Waals surface area contributed by atoms with Gasteiger partial charge in [-0.2, -0.15) is 13.2 Å². The van der Waals surface area contributed by atoms with Gasteiger partial charge >= 0.3 is 6.18 Å². The van der Waals surface area contributed by atoms with Crippen molar-refractivity contribution in [3.63, 3.8) is 0 Å². The lowest BCUT2D eigenvalue weighted by Crippen LogP contribution is -2.31. The summed E-state index contributed by atoms with van der Waals surface area (Å²) in [5.74, 6) is 0.0578.